The summed E-state index contributed by atoms with van der Waals surface area (Å²) >= 11 is 0. The SMILES string of the molecule is CC(C)N(C(=O)CN1CCC[C@@H](O)C1)C(C)C. The van der Waals surface area contributed by atoms with Crippen LogP contribution in [0.15, 0.2) is 0 Å². The summed E-state index contributed by atoms with van der Waals surface area (Å²) < 4.78 is 0. The van der Waals surface area contributed by atoms with E-state index in [9.17, 15) is 9.90 Å². The number of piperidine rings is 1. The smallest absolute Gasteiger partial charge is 0.237 e. The highest BCUT2D eigenvalue weighted by atomic mass is 16.3. The van der Waals surface area contributed by atoms with Crippen LogP contribution in [0.2, 0.25) is 0 Å². The number of likely N-dealkylation sites (tertiary alicyclic amines) is 1. The van der Waals surface area contributed by atoms with E-state index in [1.807, 2.05) is 32.6 Å². The lowest BCUT2D eigenvalue weighted by Gasteiger charge is -2.35. The normalized spacial score (nSPS) is 22.2. The Bertz CT molecular complexity index is 246. The van der Waals surface area contributed by atoms with Gasteiger partial charge in [0.05, 0.1) is 12.6 Å². The maximum atomic E-state index is 12.2. The van der Waals surface area contributed by atoms with Crippen LogP contribution in [-0.2, 0) is 4.79 Å². The van der Waals surface area contributed by atoms with Crippen LogP contribution in [0.25, 0.3) is 0 Å². The minimum absolute atomic E-state index is 0.170. The molecule has 17 heavy (non-hydrogen) atoms. The molecule has 1 rings (SSSR count). The molecule has 0 bridgehead atoms. The van der Waals surface area contributed by atoms with Gasteiger partial charge in [0, 0.05) is 18.6 Å². The average molecular weight is 242 g/mol. The highest BCUT2D eigenvalue weighted by Crippen LogP contribution is 2.12. The molecule has 1 aliphatic rings. The third-order valence-corrected chi connectivity index (χ3v) is 3.24. The standard InChI is InChI=1S/C13H26N2O2/c1-10(2)15(11(3)4)13(17)9-14-7-5-6-12(16)8-14/h10-12,16H,5-9H2,1-4H3/t12-/m1/s1. The largest absolute Gasteiger partial charge is 0.392 e. The van der Waals surface area contributed by atoms with Crippen LogP contribution in [-0.4, -0.2) is 58.6 Å². The Morgan fingerprint density at radius 1 is 1.35 bits per heavy atom. The fourth-order valence-electron chi connectivity index (χ4n) is 2.62. The molecule has 1 amide bonds. The van der Waals surface area contributed by atoms with Crippen molar-refractivity contribution in [2.75, 3.05) is 19.6 Å². The summed E-state index contributed by atoms with van der Waals surface area (Å²) in [4.78, 5) is 16.2. The van der Waals surface area contributed by atoms with E-state index in [0.717, 1.165) is 19.4 Å². The van der Waals surface area contributed by atoms with Crippen molar-refractivity contribution in [3.05, 3.63) is 0 Å². The molecule has 4 nitrogen and oxygen atoms in total. The molecule has 1 N–H and O–H groups in total. The fourth-order valence-corrected chi connectivity index (χ4v) is 2.62. The van der Waals surface area contributed by atoms with E-state index in [-0.39, 0.29) is 24.1 Å². The van der Waals surface area contributed by atoms with Crippen molar-refractivity contribution in [2.24, 2.45) is 0 Å². The second-order valence-electron chi connectivity index (χ2n) is 5.52. The van der Waals surface area contributed by atoms with Crippen molar-refractivity contribution < 1.29 is 9.90 Å². The third-order valence-electron chi connectivity index (χ3n) is 3.24. The second-order valence-corrected chi connectivity index (χ2v) is 5.52. The molecular formula is C13H26N2O2. The van der Waals surface area contributed by atoms with Gasteiger partial charge in [-0.1, -0.05) is 0 Å². The van der Waals surface area contributed by atoms with Gasteiger partial charge in [-0.15, -0.1) is 0 Å². The van der Waals surface area contributed by atoms with E-state index in [2.05, 4.69) is 4.90 Å². The Labute approximate surface area is 105 Å². The molecule has 1 saturated heterocycles. The Balaban J connectivity index is 2.51. The van der Waals surface area contributed by atoms with Gasteiger partial charge in [-0.2, -0.15) is 0 Å². The molecule has 0 aromatic carbocycles. The molecule has 0 saturated carbocycles. The van der Waals surface area contributed by atoms with Gasteiger partial charge >= 0.3 is 0 Å². The molecule has 1 atom stereocenters. The second kappa shape index (κ2) is 6.36. The molecule has 0 aromatic rings. The first kappa shape index (κ1) is 14.5. The number of rotatable bonds is 4. The lowest BCUT2D eigenvalue weighted by molar-refractivity contribution is -0.136. The third kappa shape index (κ3) is 4.28. The Kier molecular flexibility index (Phi) is 5.40. The number of carbonyl (C=O) groups is 1. The summed E-state index contributed by atoms with van der Waals surface area (Å²) in [5.74, 6) is 0.170. The maximum absolute atomic E-state index is 12.2. The number of carbonyl (C=O) groups excluding carboxylic acids is 1. The Morgan fingerprint density at radius 2 is 1.94 bits per heavy atom. The number of β-amino-alcohol motifs (C(OH)–C–C–N with tert-alkyl or cyclic N) is 1. The van der Waals surface area contributed by atoms with Crippen molar-refractivity contribution in [3.63, 3.8) is 0 Å². The van der Waals surface area contributed by atoms with Gasteiger partial charge in [0.15, 0.2) is 0 Å². The monoisotopic (exact) mass is 242 g/mol. The van der Waals surface area contributed by atoms with Crippen LogP contribution >= 0.6 is 0 Å². The summed E-state index contributed by atoms with van der Waals surface area (Å²) in [7, 11) is 0. The summed E-state index contributed by atoms with van der Waals surface area (Å²) in [5, 5.41) is 9.58. The van der Waals surface area contributed by atoms with E-state index >= 15 is 0 Å². The summed E-state index contributed by atoms with van der Waals surface area (Å²) in [6, 6.07) is 0.467. The topological polar surface area (TPSA) is 43.8 Å². The molecule has 100 valence electrons. The first-order valence-corrected chi connectivity index (χ1v) is 6.63. The van der Waals surface area contributed by atoms with Gasteiger partial charge in [-0.3, -0.25) is 9.69 Å². The molecule has 4 heteroatoms. The quantitative estimate of drug-likeness (QED) is 0.802. The zero-order valence-electron chi connectivity index (χ0n) is 11.5. The van der Waals surface area contributed by atoms with Crippen LogP contribution in [0.1, 0.15) is 40.5 Å². The van der Waals surface area contributed by atoms with E-state index in [4.69, 9.17) is 0 Å². The van der Waals surface area contributed by atoms with E-state index < -0.39 is 0 Å². The number of hydrogen-bond acceptors (Lipinski definition) is 3. The average Bonchev–Trinajstić information content (AvgIpc) is 2.15. The minimum Gasteiger partial charge on any atom is -0.392 e. The molecular weight excluding hydrogens is 216 g/mol. The van der Waals surface area contributed by atoms with Gasteiger partial charge < -0.3 is 10.0 Å². The van der Waals surface area contributed by atoms with Crippen molar-refractivity contribution in [1.29, 1.82) is 0 Å². The number of hydrogen-bond donors (Lipinski definition) is 1. The van der Waals surface area contributed by atoms with Crippen molar-refractivity contribution in [1.82, 2.24) is 9.80 Å². The number of aliphatic hydroxyl groups excluding tert-OH is 1. The molecule has 0 aliphatic carbocycles. The van der Waals surface area contributed by atoms with Gasteiger partial charge in [0.1, 0.15) is 0 Å². The molecule has 1 heterocycles. The Hall–Kier alpha value is -0.610. The predicted molar refractivity (Wildman–Crippen MR) is 68.8 cm³/mol. The highest BCUT2D eigenvalue weighted by Gasteiger charge is 2.25. The number of aliphatic hydroxyl groups is 1. The zero-order valence-corrected chi connectivity index (χ0v) is 11.5. The fraction of sp³-hybridized carbons (Fsp3) is 0.923. The van der Waals surface area contributed by atoms with E-state index in [1.165, 1.54) is 0 Å². The van der Waals surface area contributed by atoms with Crippen molar-refractivity contribution in [2.45, 2.75) is 58.7 Å². The Morgan fingerprint density at radius 3 is 2.41 bits per heavy atom. The molecule has 0 spiro atoms. The molecule has 1 aliphatic heterocycles. The predicted octanol–water partition coefficient (Wildman–Crippen LogP) is 1.09. The summed E-state index contributed by atoms with van der Waals surface area (Å²) in [6.07, 6.45) is 1.59. The van der Waals surface area contributed by atoms with Gasteiger partial charge in [0.25, 0.3) is 0 Å². The molecule has 0 aromatic heterocycles. The lowest BCUT2D eigenvalue weighted by Crippen LogP contribution is -2.49. The van der Waals surface area contributed by atoms with Crippen LogP contribution in [0.4, 0.5) is 0 Å². The van der Waals surface area contributed by atoms with Crippen LogP contribution in [0.3, 0.4) is 0 Å². The lowest BCUT2D eigenvalue weighted by atomic mass is 10.1. The number of nitrogens with zero attached hydrogens (tertiary/aromatic N) is 2. The van der Waals surface area contributed by atoms with Gasteiger partial charge in [-0.05, 0) is 47.1 Å². The molecule has 0 unspecified atom stereocenters. The molecule has 0 radical (unpaired) electrons. The molecule has 1 fully saturated rings. The van der Waals surface area contributed by atoms with Gasteiger partial charge in [0.2, 0.25) is 5.91 Å². The van der Waals surface area contributed by atoms with Crippen LogP contribution in [0, 0.1) is 0 Å². The summed E-state index contributed by atoms with van der Waals surface area (Å²) in [5.41, 5.74) is 0. The first-order chi connectivity index (χ1) is 7.91. The minimum atomic E-state index is -0.261. The highest BCUT2D eigenvalue weighted by molar-refractivity contribution is 5.78. The van der Waals surface area contributed by atoms with Crippen LogP contribution in [0.5, 0.6) is 0 Å². The summed E-state index contributed by atoms with van der Waals surface area (Å²) in [6.45, 7) is 10.2. The van der Waals surface area contributed by atoms with E-state index in [1.54, 1.807) is 0 Å². The zero-order chi connectivity index (χ0) is 13.0. The first-order valence-electron chi connectivity index (χ1n) is 6.63. The van der Waals surface area contributed by atoms with Crippen LogP contribution < -0.4 is 0 Å². The van der Waals surface area contributed by atoms with Crippen molar-refractivity contribution >= 4 is 5.91 Å². The van der Waals surface area contributed by atoms with Crippen molar-refractivity contribution in [3.8, 4) is 0 Å². The van der Waals surface area contributed by atoms with E-state index in [0.29, 0.717) is 13.1 Å². The maximum Gasteiger partial charge on any atom is 0.237 e. The number of amides is 1. The van der Waals surface area contributed by atoms with Gasteiger partial charge in [-0.25, -0.2) is 0 Å².